The fourth-order valence-electron chi connectivity index (χ4n) is 3.15. The van der Waals surface area contributed by atoms with Crippen LogP contribution < -0.4 is 10.5 Å². The molecule has 7 nitrogen and oxygen atoms in total. The van der Waals surface area contributed by atoms with Gasteiger partial charge in [0.1, 0.15) is 5.54 Å². The topological polar surface area (TPSA) is 115 Å². The second-order valence-corrected chi connectivity index (χ2v) is 8.52. The smallest absolute Gasteiger partial charge is 0.242 e. The summed E-state index contributed by atoms with van der Waals surface area (Å²) < 4.78 is 28.2. The normalized spacial score (nSPS) is 17.2. The van der Waals surface area contributed by atoms with Crippen molar-refractivity contribution in [2.75, 3.05) is 0 Å². The zero-order valence-corrected chi connectivity index (χ0v) is 15.9. The lowest BCUT2D eigenvalue weighted by atomic mass is 10.0. The minimum absolute atomic E-state index is 0.0354. The Morgan fingerprint density at radius 1 is 1.31 bits per heavy atom. The Morgan fingerprint density at radius 2 is 2.00 bits per heavy atom. The zero-order chi connectivity index (χ0) is 18.9. The molecule has 0 unspecified atom stereocenters. The molecule has 26 heavy (non-hydrogen) atoms. The van der Waals surface area contributed by atoms with Crippen LogP contribution in [-0.4, -0.2) is 30.5 Å². The molecular formula is C16H16Cl2N4O3S. The predicted molar refractivity (Wildman–Crippen MR) is 101 cm³/mol. The fraction of sp³-hybridized carbons (Fsp3) is 0.312. The van der Waals surface area contributed by atoms with E-state index in [-0.39, 0.29) is 10.7 Å². The molecule has 3 rings (SSSR count). The molecule has 1 aromatic heterocycles. The second-order valence-electron chi connectivity index (χ2n) is 6.08. The van der Waals surface area contributed by atoms with Crippen LogP contribution >= 0.6 is 23.2 Å². The largest absolute Gasteiger partial charge is 0.390 e. The maximum atomic E-state index is 12.9. The summed E-state index contributed by atoms with van der Waals surface area (Å²) in [6, 6.07) is 4.38. The summed E-state index contributed by atoms with van der Waals surface area (Å²) in [4.78, 5) is 19.8. The maximum absolute atomic E-state index is 12.9. The molecule has 0 radical (unpaired) electrons. The van der Waals surface area contributed by atoms with Crippen molar-refractivity contribution in [1.29, 1.82) is 0 Å². The second kappa shape index (κ2) is 7.11. The quantitative estimate of drug-likeness (QED) is 0.443. The van der Waals surface area contributed by atoms with E-state index < -0.39 is 20.8 Å². The van der Waals surface area contributed by atoms with Gasteiger partial charge in [-0.3, -0.25) is 4.79 Å². The third-order valence-corrected chi connectivity index (χ3v) is 6.66. The molecule has 138 valence electrons. The molecule has 0 amide bonds. The SMILES string of the molecule is NC=Nc1ncc(Cl)c2ccc(S(=O)(=O)NC3(C(=O)Cl)CCCC3)cc12. The van der Waals surface area contributed by atoms with Crippen molar-refractivity contribution in [2.24, 2.45) is 10.7 Å². The van der Waals surface area contributed by atoms with Crippen molar-refractivity contribution >= 4 is 61.4 Å². The number of hydrogen-bond acceptors (Lipinski definition) is 5. The highest BCUT2D eigenvalue weighted by molar-refractivity contribution is 7.89. The molecule has 0 saturated heterocycles. The van der Waals surface area contributed by atoms with Crippen LogP contribution in [0.2, 0.25) is 5.02 Å². The predicted octanol–water partition coefficient (Wildman–Crippen LogP) is 2.86. The summed E-state index contributed by atoms with van der Waals surface area (Å²) in [6.45, 7) is 0. The number of nitrogens with two attached hydrogens (primary N) is 1. The van der Waals surface area contributed by atoms with E-state index in [2.05, 4.69) is 14.7 Å². The number of fused-ring (bicyclic) bond motifs is 1. The van der Waals surface area contributed by atoms with Crippen molar-refractivity contribution in [1.82, 2.24) is 9.71 Å². The van der Waals surface area contributed by atoms with Crippen LogP contribution in [0.1, 0.15) is 25.7 Å². The third kappa shape index (κ3) is 3.42. The highest BCUT2D eigenvalue weighted by Crippen LogP contribution is 2.35. The van der Waals surface area contributed by atoms with Crippen molar-refractivity contribution in [2.45, 2.75) is 36.1 Å². The number of pyridine rings is 1. The first-order valence-electron chi connectivity index (χ1n) is 7.85. The first kappa shape index (κ1) is 19.0. The number of hydrogen-bond donors (Lipinski definition) is 2. The van der Waals surface area contributed by atoms with Gasteiger partial charge in [-0.2, -0.15) is 4.72 Å². The zero-order valence-electron chi connectivity index (χ0n) is 13.6. The van der Waals surface area contributed by atoms with Gasteiger partial charge in [-0.1, -0.05) is 30.5 Å². The van der Waals surface area contributed by atoms with Crippen LogP contribution in [0.15, 0.2) is 34.3 Å². The third-order valence-electron chi connectivity index (χ3n) is 4.46. The van der Waals surface area contributed by atoms with E-state index in [0.29, 0.717) is 28.6 Å². The molecule has 0 atom stereocenters. The molecule has 1 aliphatic carbocycles. The van der Waals surface area contributed by atoms with Gasteiger partial charge in [0.05, 0.1) is 16.3 Å². The van der Waals surface area contributed by atoms with Crippen LogP contribution in [0.4, 0.5) is 5.82 Å². The van der Waals surface area contributed by atoms with Crippen LogP contribution in [0.5, 0.6) is 0 Å². The number of aromatic nitrogens is 1. The number of nitrogens with zero attached hydrogens (tertiary/aromatic N) is 2. The number of aliphatic imine (C=N–C) groups is 1. The maximum Gasteiger partial charge on any atom is 0.242 e. The average Bonchev–Trinajstić information content (AvgIpc) is 3.06. The van der Waals surface area contributed by atoms with E-state index in [1.807, 2.05) is 0 Å². The first-order valence-corrected chi connectivity index (χ1v) is 10.1. The Labute approximate surface area is 160 Å². The molecule has 0 bridgehead atoms. The van der Waals surface area contributed by atoms with Gasteiger partial charge in [0, 0.05) is 17.0 Å². The minimum Gasteiger partial charge on any atom is -0.390 e. The van der Waals surface area contributed by atoms with Gasteiger partial charge in [-0.05, 0) is 36.6 Å². The average molecular weight is 415 g/mol. The van der Waals surface area contributed by atoms with Crippen molar-refractivity contribution < 1.29 is 13.2 Å². The molecule has 1 heterocycles. The highest BCUT2D eigenvalue weighted by atomic mass is 35.5. The lowest BCUT2D eigenvalue weighted by molar-refractivity contribution is -0.116. The standard InChI is InChI=1S/C16H16Cl2N4O3S/c17-13-8-20-14(21-9-19)12-7-10(3-4-11(12)13)26(24,25)22-16(15(18)23)5-1-2-6-16/h3-4,7-9,22H,1-2,5-6H2,(H2,19,20,21). The van der Waals surface area contributed by atoms with Gasteiger partial charge >= 0.3 is 0 Å². The molecule has 1 aromatic carbocycles. The van der Waals surface area contributed by atoms with E-state index in [0.717, 1.165) is 19.2 Å². The van der Waals surface area contributed by atoms with E-state index in [1.165, 1.54) is 18.3 Å². The van der Waals surface area contributed by atoms with Gasteiger partial charge in [0.15, 0.2) is 5.82 Å². The van der Waals surface area contributed by atoms with E-state index in [9.17, 15) is 13.2 Å². The Balaban J connectivity index is 2.09. The van der Waals surface area contributed by atoms with E-state index in [4.69, 9.17) is 28.9 Å². The van der Waals surface area contributed by atoms with E-state index >= 15 is 0 Å². The van der Waals surface area contributed by atoms with Crippen molar-refractivity contribution in [3.8, 4) is 0 Å². The summed E-state index contributed by atoms with van der Waals surface area (Å²) in [5, 5.41) is 0.679. The molecule has 10 heteroatoms. The molecule has 1 fully saturated rings. The lowest BCUT2D eigenvalue weighted by Crippen LogP contribution is -2.50. The molecule has 0 aliphatic heterocycles. The van der Waals surface area contributed by atoms with E-state index in [1.54, 1.807) is 6.07 Å². The molecular weight excluding hydrogens is 399 g/mol. The fourth-order valence-corrected chi connectivity index (χ4v) is 5.10. The van der Waals surface area contributed by atoms with Crippen molar-refractivity contribution in [3.05, 3.63) is 29.4 Å². The molecule has 3 N–H and O–H groups in total. The summed E-state index contributed by atoms with van der Waals surface area (Å²) in [5.74, 6) is 0.243. The monoisotopic (exact) mass is 414 g/mol. The summed E-state index contributed by atoms with van der Waals surface area (Å²) in [5.41, 5.74) is 4.06. The van der Waals surface area contributed by atoms with Crippen LogP contribution in [0.3, 0.4) is 0 Å². The molecule has 1 saturated carbocycles. The number of carbonyl (C=O) groups excluding carboxylic acids is 1. The van der Waals surface area contributed by atoms with Crippen LogP contribution in [0.25, 0.3) is 10.8 Å². The summed E-state index contributed by atoms with van der Waals surface area (Å²) >= 11 is 11.8. The Kier molecular flexibility index (Phi) is 5.21. The number of halogens is 2. The molecule has 0 spiro atoms. The van der Waals surface area contributed by atoms with Crippen molar-refractivity contribution in [3.63, 3.8) is 0 Å². The number of sulfonamides is 1. The minimum atomic E-state index is -3.99. The van der Waals surface area contributed by atoms with Crippen LogP contribution in [0, 0.1) is 0 Å². The Morgan fingerprint density at radius 3 is 2.62 bits per heavy atom. The number of nitrogens with one attached hydrogen (secondary N) is 1. The van der Waals surface area contributed by atoms with Gasteiger partial charge in [0.25, 0.3) is 0 Å². The summed E-state index contributed by atoms with van der Waals surface area (Å²) in [6.07, 6.45) is 4.69. The lowest BCUT2D eigenvalue weighted by Gasteiger charge is -2.25. The van der Waals surface area contributed by atoms with Gasteiger partial charge in [-0.25, -0.2) is 18.4 Å². The number of rotatable bonds is 5. The Bertz CT molecular complexity index is 1000. The highest BCUT2D eigenvalue weighted by Gasteiger charge is 2.43. The van der Waals surface area contributed by atoms with Gasteiger partial charge < -0.3 is 5.73 Å². The molecule has 1 aliphatic rings. The first-order chi connectivity index (χ1) is 12.3. The Hall–Kier alpha value is -1.74. The van der Waals surface area contributed by atoms with Crippen LogP contribution in [-0.2, 0) is 14.8 Å². The molecule has 2 aromatic rings. The number of carbonyl (C=O) groups is 1. The van der Waals surface area contributed by atoms with Gasteiger partial charge in [0.2, 0.25) is 15.3 Å². The number of benzene rings is 1. The van der Waals surface area contributed by atoms with Gasteiger partial charge in [-0.15, -0.1) is 0 Å². The summed E-state index contributed by atoms with van der Waals surface area (Å²) in [7, 11) is -3.99.